The highest BCUT2D eigenvalue weighted by molar-refractivity contribution is 8.05. The lowest BCUT2D eigenvalue weighted by Crippen LogP contribution is -2.39. The number of anilines is 2. The topological polar surface area (TPSA) is 102 Å². The molecular formula is C31H33N5O4S2. The summed E-state index contributed by atoms with van der Waals surface area (Å²) in [5.74, 6) is 0.689. The van der Waals surface area contributed by atoms with Gasteiger partial charge in [0.15, 0.2) is 5.82 Å². The third kappa shape index (κ3) is 6.66. The number of aromatic nitrogens is 3. The molecule has 11 heteroatoms. The normalized spacial score (nSPS) is 16.9. The maximum atomic E-state index is 11.9. The van der Waals surface area contributed by atoms with Gasteiger partial charge in [-0.05, 0) is 48.4 Å². The standard InChI is InChI=1S/C31H33N5O4S2/c1-20-16-33-31(34-17-20)24(19-39-13-12-38-2)35-21-6-7-26-28(14-21)41-27-5-3-4-23(30(27)42-26)25-18-36(10-11-40-25)22-8-9-32-29(37)15-22/h3-9,14-17,24-25,35H,10-13,18-19H2,1-2H3,(H,32,37). The van der Waals surface area contributed by atoms with Crippen molar-refractivity contribution in [3.8, 4) is 0 Å². The zero-order valence-electron chi connectivity index (χ0n) is 23.5. The van der Waals surface area contributed by atoms with E-state index in [4.69, 9.17) is 14.2 Å². The highest BCUT2D eigenvalue weighted by Gasteiger charge is 2.28. The lowest BCUT2D eigenvalue weighted by molar-refractivity contribution is 0.0379. The molecule has 6 rings (SSSR count). The fraction of sp³-hybridized carbons (Fsp3) is 0.323. The highest BCUT2D eigenvalue weighted by Crippen LogP contribution is 2.52. The number of H-pyrrole nitrogens is 1. The second-order valence-corrected chi connectivity index (χ2v) is 12.3. The Morgan fingerprint density at radius 2 is 1.98 bits per heavy atom. The van der Waals surface area contributed by atoms with Crippen molar-refractivity contribution in [1.82, 2.24) is 15.0 Å². The number of methoxy groups -OCH3 is 1. The van der Waals surface area contributed by atoms with Gasteiger partial charge < -0.3 is 29.4 Å². The number of hydrogen-bond acceptors (Lipinski definition) is 10. The van der Waals surface area contributed by atoms with Crippen molar-refractivity contribution in [3.05, 3.63) is 94.4 Å². The Kier molecular flexibility index (Phi) is 9.11. The van der Waals surface area contributed by atoms with E-state index >= 15 is 0 Å². The fourth-order valence-corrected chi connectivity index (χ4v) is 7.43. The number of rotatable bonds is 10. The fourth-order valence-electron chi connectivity index (χ4n) is 4.98. The molecule has 42 heavy (non-hydrogen) atoms. The third-order valence-corrected chi connectivity index (χ3v) is 9.70. The van der Waals surface area contributed by atoms with E-state index < -0.39 is 0 Å². The lowest BCUT2D eigenvalue weighted by Gasteiger charge is -2.36. The second-order valence-electron chi connectivity index (χ2n) is 10.1. The number of nitrogens with one attached hydrogen (secondary N) is 2. The first-order chi connectivity index (χ1) is 20.6. The van der Waals surface area contributed by atoms with Gasteiger partial charge in [0.2, 0.25) is 5.56 Å². The second kappa shape index (κ2) is 13.3. The van der Waals surface area contributed by atoms with E-state index in [1.165, 1.54) is 25.1 Å². The van der Waals surface area contributed by atoms with E-state index in [2.05, 4.69) is 61.6 Å². The summed E-state index contributed by atoms with van der Waals surface area (Å²) in [6.07, 6.45) is 5.27. The lowest BCUT2D eigenvalue weighted by atomic mass is 10.1. The van der Waals surface area contributed by atoms with E-state index in [1.807, 2.05) is 25.4 Å². The zero-order valence-corrected chi connectivity index (χ0v) is 25.2. The zero-order chi connectivity index (χ0) is 28.9. The van der Waals surface area contributed by atoms with Crippen LogP contribution in [0.25, 0.3) is 0 Å². The van der Waals surface area contributed by atoms with Gasteiger partial charge in [0, 0.05) is 75.8 Å². The predicted molar refractivity (Wildman–Crippen MR) is 165 cm³/mol. The van der Waals surface area contributed by atoms with Crippen LogP contribution in [-0.2, 0) is 14.2 Å². The van der Waals surface area contributed by atoms with Crippen LogP contribution in [0.5, 0.6) is 0 Å². The van der Waals surface area contributed by atoms with Gasteiger partial charge in [0.05, 0.1) is 26.4 Å². The van der Waals surface area contributed by atoms with Crippen molar-refractivity contribution >= 4 is 34.9 Å². The Morgan fingerprint density at radius 3 is 2.81 bits per heavy atom. The van der Waals surface area contributed by atoms with Gasteiger partial charge in [-0.2, -0.15) is 0 Å². The number of hydrogen-bond donors (Lipinski definition) is 2. The molecule has 1 saturated heterocycles. The number of fused-ring (bicyclic) bond motifs is 2. The quantitative estimate of drug-likeness (QED) is 0.200. The Morgan fingerprint density at radius 1 is 1.10 bits per heavy atom. The number of ether oxygens (including phenoxy) is 3. The van der Waals surface area contributed by atoms with Crippen molar-refractivity contribution in [3.63, 3.8) is 0 Å². The van der Waals surface area contributed by atoms with Gasteiger partial charge in [-0.3, -0.25) is 4.79 Å². The van der Waals surface area contributed by atoms with Crippen LogP contribution in [-0.4, -0.2) is 61.6 Å². The first-order valence-corrected chi connectivity index (χ1v) is 15.5. The van der Waals surface area contributed by atoms with Crippen LogP contribution in [0.4, 0.5) is 11.4 Å². The molecule has 0 spiro atoms. The summed E-state index contributed by atoms with van der Waals surface area (Å²) in [6, 6.07) is 16.3. The molecule has 0 amide bonds. The number of benzene rings is 2. The Bertz CT molecular complexity index is 1580. The van der Waals surface area contributed by atoms with Gasteiger partial charge in [-0.15, -0.1) is 0 Å². The van der Waals surface area contributed by atoms with Gasteiger partial charge in [-0.1, -0.05) is 35.7 Å². The molecule has 9 nitrogen and oxygen atoms in total. The van der Waals surface area contributed by atoms with E-state index in [-0.39, 0.29) is 17.7 Å². The van der Waals surface area contributed by atoms with Crippen LogP contribution in [0, 0.1) is 6.92 Å². The number of nitrogens with zero attached hydrogens (tertiary/aromatic N) is 3. The molecular weight excluding hydrogens is 571 g/mol. The van der Waals surface area contributed by atoms with Crippen LogP contribution in [0.2, 0.25) is 0 Å². The van der Waals surface area contributed by atoms with E-state index in [1.54, 1.807) is 42.9 Å². The van der Waals surface area contributed by atoms with Crippen molar-refractivity contribution in [2.24, 2.45) is 0 Å². The third-order valence-electron chi connectivity index (χ3n) is 7.09. The van der Waals surface area contributed by atoms with Crippen LogP contribution in [0.15, 0.2) is 91.5 Å². The van der Waals surface area contributed by atoms with Crippen molar-refractivity contribution in [2.75, 3.05) is 56.8 Å². The van der Waals surface area contributed by atoms with Crippen LogP contribution >= 0.6 is 23.5 Å². The molecule has 1 fully saturated rings. The number of aryl methyl sites for hydroxylation is 1. The number of pyridine rings is 1. The van der Waals surface area contributed by atoms with Crippen LogP contribution in [0.3, 0.4) is 0 Å². The van der Waals surface area contributed by atoms with Crippen molar-refractivity contribution in [1.29, 1.82) is 0 Å². The summed E-state index contributed by atoms with van der Waals surface area (Å²) in [6.45, 7) is 5.48. The maximum Gasteiger partial charge on any atom is 0.249 e. The Labute approximate surface area is 253 Å². The molecule has 2 aliphatic rings. The molecule has 2 unspecified atom stereocenters. The average molecular weight is 604 g/mol. The van der Waals surface area contributed by atoms with Gasteiger partial charge in [-0.25, -0.2) is 9.97 Å². The minimum absolute atomic E-state index is 0.0862. The predicted octanol–water partition coefficient (Wildman–Crippen LogP) is 5.48. The van der Waals surface area contributed by atoms with Crippen molar-refractivity contribution in [2.45, 2.75) is 38.7 Å². The van der Waals surface area contributed by atoms with Crippen LogP contribution < -0.4 is 15.8 Å². The molecule has 2 aliphatic heterocycles. The Balaban J connectivity index is 1.19. The minimum atomic E-state index is -0.202. The van der Waals surface area contributed by atoms with Gasteiger partial charge in [0.1, 0.15) is 12.1 Å². The minimum Gasteiger partial charge on any atom is -0.382 e. The molecule has 4 aromatic rings. The summed E-state index contributed by atoms with van der Waals surface area (Å²) < 4.78 is 17.3. The first-order valence-electron chi connectivity index (χ1n) is 13.9. The van der Waals surface area contributed by atoms with E-state index in [0.717, 1.165) is 23.5 Å². The molecule has 0 saturated carbocycles. The molecule has 2 aromatic carbocycles. The van der Waals surface area contributed by atoms with Crippen LogP contribution in [0.1, 0.15) is 29.1 Å². The first kappa shape index (κ1) is 28.8. The largest absolute Gasteiger partial charge is 0.382 e. The number of aromatic amines is 1. The molecule has 0 aliphatic carbocycles. The van der Waals surface area contributed by atoms with E-state index in [0.29, 0.717) is 38.8 Å². The summed E-state index contributed by atoms with van der Waals surface area (Å²) in [4.78, 5) is 30.7. The SMILES string of the molecule is COCCOCC(Nc1ccc2c(c1)Sc1cccc(C3CN(c4cc[nH]c(=O)c4)CCO3)c1S2)c1ncc(C)cn1. The molecule has 4 heterocycles. The average Bonchev–Trinajstić information content (AvgIpc) is 3.01. The van der Waals surface area contributed by atoms with Crippen molar-refractivity contribution < 1.29 is 14.2 Å². The Hall–Kier alpha value is -3.35. The number of morpholine rings is 1. The summed E-state index contributed by atoms with van der Waals surface area (Å²) >= 11 is 3.55. The molecule has 0 radical (unpaired) electrons. The monoisotopic (exact) mass is 603 g/mol. The molecule has 2 atom stereocenters. The summed E-state index contributed by atoms with van der Waals surface area (Å²) in [5.41, 5.74) is 4.00. The molecule has 0 bridgehead atoms. The highest BCUT2D eigenvalue weighted by atomic mass is 32.2. The van der Waals surface area contributed by atoms with Gasteiger partial charge >= 0.3 is 0 Å². The summed E-state index contributed by atoms with van der Waals surface area (Å²) in [7, 11) is 1.66. The molecule has 2 aromatic heterocycles. The van der Waals surface area contributed by atoms with E-state index in [9.17, 15) is 4.79 Å². The smallest absolute Gasteiger partial charge is 0.249 e. The van der Waals surface area contributed by atoms with Gasteiger partial charge in [0.25, 0.3) is 0 Å². The summed E-state index contributed by atoms with van der Waals surface area (Å²) in [5, 5.41) is 3.59. The maximum absolute atomic E-state index is 11.9. The molecule has 2 N–H and O–H groups in total. The molecule has 218 valence electrons.